The molecule has 0 saturated heterocycles. The highest BCUT2D eigenvalue weighted by atomic mass is 32.2. The molecule has 1 atom stereocenters. The number of thioether (sulfide) groups is 1. The molecule has 1 aromatic rings. The summed E-state index contributed by atoms with van der Waals surface area (Å²) >= 11 is 1.88. The van der Waals surface area contributed by atoms with Crippen molar-refractivity contribution in [2.75, 3.05) is 18.6 Å². The molecular formula is C15H24FNS. The van der Waals surface area contributed by atoms with Crippen LogP contribution in [0.2, 0.25) is 0 Å². The van der Waals surface area contributed by atoms with Crippen molar-refractivity contribution in [1.29, 1.82) is 0 Å². The summed E-state index contributed by atoms with van der Waals surface area (Å²) in [5.74, 6) is 1.03. The van der Waals surface area contributed by atoms with Crippen LogP contribution in [0.15, 0.2) is 18.2 Å². The van der Waals surface area contributed by atoms with Gasteiger partial charge >= 0.3 is 0 Å². The van der Waals surface area contributed by atoms with Crippen molar-refractivity contribution in [1.82, 2.24) is 5.32 Å². The van der Waals surface area contributed by atoms with Crippen molar-refractivity contribution in [3.05, 3.63) is 35.1 Å². The molecule has 0 radical (unpaired) electrons. The molecule has 0 aliphatic carbocycles. The van der Waals surface area contributed by atoms with Gasteiger partial charge in [-0.2, -0.15) is 11.8 Å². The van der Waals surface area contributed by atoms with Crippen LogP contribution in [0.4, 0.5) is 4.39 Å². The van der Waals surface area contributed by atoms with Crippen LogP contribution < -0.4 is 5.32 Å². The van der Waals surface area contributed by atoms with Gasteiger partial charge in [-0.15, -0.1) is 0 Å². The predicted octanol–water partition coefficient (Wildman–Crippen LogP) is 3.80. The van der Waals surface area contributed by atoms with Crippen molar-refractivity contribution in [3.63, 3.8) is 0 Å². The van der Waals surface area contributed by atoms with E-state index in [2.05, 4.69) is 18.5 Å². The van der Waals surface area contributed by atoms with Gasteiger partial charge in [0.05, 0.1) is 0 Å². The maximum Gasteiger partial charge on any atom is 0.123 e. The maximum absolute atomic E-state index is 13.1. The lowest BCUT2D eigenvalue weighted by molar-refractivity contribution is 0.496. The van der Waals surface area contributed by atoms with Crippen LogP contribution >= 0.6 is 11.8 Å². The molecule has 0 saturated carbocycles. The third-order valence-electron chi connectivity index (χ3n) is 3.12. The van der Waals surface area contributed by atoms with Gasteiger partial charge in [-0.3, -0.25) is 0 Å². The van der Waals surface area contributed by atoms with Crippen LogP contribution in [-0.4, -0.2) is 24.6 Å². The van der Waals surface area contributed by atoms with Gasteiger partial charge in [-0.05, 0) is 68.0 Å². The van der Waals surface area contributed by atoms with Crippen molar-refractivity contribution in [3.8, 4) is 0 Å². The Morgan fingerprint density at radius 2 is 2.17 bits per heavy atom. The molecule has 0 aliphatic heterocycles. The molecule has 18 heavy (non-hydrogen) atoms. The van der Waals surface area contributed by atoms with Crippen molar-refractivity contribution in [2.24, 2.45) is 0 Å². The highest BCUT2D eigenvalue weighted by Crippen LogP contribution is 2.14. The predicted molar refractivity (Wildman–Crippen MR) is 79.9 cm³/mol. The van der Waals surface area contributed by atoms with Crippen LogP contribution in [0.25, 0.3) is 0 Å². The summed E-state index contributed by atoms with van der Waals surface area (Å²) in [5.41, 5.74) is 2.31. The summed E-state index contributed by atoms with van der Waals surface area (Å²) in [6, 6.07) is 5.61. The molecule has 1 unspecified atom stereocenters. The van der Waals surface area contributed by atoms with Crippen LogP contribution in [-0.2, 0) is 6.42 Å². The number of nitrogens with one attached hydrogen (secondary N) is 1. The topological polar surface area (TPSA) is 12.0 Å². The van der Waals surface area contributed by atoms with Crippen molar-refractivity contribution < 1.29 is 4.39 Å². The summed E-state index contributed by atoms with van der Waals surface area (Å²) in [6.07, 6.45) is 5.45. The molecule has 0 aromatic heterocycles. The minimum Gasteiger partial charge on any atom is -0.314 e. The van der Waals surface area contributed by atoms with E-state index in [1.807, 2.05) is 24.8 Å². The van der Waals surface area contributed by atoms with Gasteiger partial charge < -0.3 is 5.32 Å². The average Bonchev–Trinajstić information content (AvgIpc) is 2.35. The van der Waals surface area contributed by atoms with Gasteiger partial charge in [-0.25, -0.2) is 4.39 Å². The number of benzene rings is 1. The molecule has 0 bridgehead atoms. The second-order valence-corrected chi connectivity index (χ2v) is 5.69. The fourth-order valence-electron chi connectivity index (χ4n) is 2.04. The van der Waals surface area contributed by atoms with Crippen LogP contribution in [0.3, 0.4) is 0 Å². The molecule has 102 valence electrons. The van der Waals surface area contributed by atoms with Gasteiger partial charge in [0.15, 0.2) is 0 Å². The summed E-state index contributed by atoms with van der Waals surface area (Å²) < 4.78 is 13.1. The van der Waals surface area contributed by atoms with Crippen LogP contribution in [0.5, 0.6) is 0 Å². The largest absolute Gasteiger partial charge is 0.314 e. The molecule has 1 nitrogen and oxygen atoms in total. The smallest absolute Gasteiger partial charge is 0.123 e. The standard InChI is InChI=1S/C15H24FNS/c1-4-8-17-15(7-9-18-3)11-13-5-6-14(16)10-12(13)2/h5-6,10,15,17H,4,7-9,11H2,1-3H3. The number of hydrogen-bond acceptors (Lipinski definition) is 2. The maximum atomic E-state index is 13.1. The first-order valence-electron chi connectivity index (χ1n) is 6.64. The molecule has 0 amide bonds. The fraction of sp³-hybridized carbons (Fsp3) is 0.600. The SMILES string of the molecule is CCCNC(CCSC)Cc1ccc(F)cc1C. The molecular weight excluding hydrogens is 245 g/mol. The Labute approximate surface area is 115 Å². The second-order valence-electron chi connectivity index (χ2n) is 4.71. The van der Waals surface area contributed by atoms with E-state index < -0.39 is 0 Å². The first kappa shape index (κ1) is 15.5. The van der Waals surface area contributed by atoms with E-state index in [1.165, 1.54) is 11.3 Å². The zero-order valence-electron chi connectivity index (χ0n) is 11.6. The molecule has 1 rings (SSSR count). The van der Waals surface area contributed by atoms with Crippen LogP contribution in [0.1, 0.15) is 30.9 Å². The lowest BCUT2D eigenvalue weighted by Gasteiger charge is -2.19. The Kier molecular flexibility index (Phi) is 7.36. The minimum absolute atomic E-state index is 0.140. The van der Waals surface area contributed by atoms with E-state index >= 15 is 0 Å². The molecule has 0 heterocycles. The third-order valence-corrected chi connectivity index (χ3v) is 3.77. The quantitative estimate of drug-likeness (QED) is 0.770. The summed E-state index contributed by atoms with van der Waals surface area (Å²) in [6.45, 7) is 5.23. The average molecular weight is 269 g/mol. The number of rotatable bonds is 8. The van der Waals surface area contributed by atoms with Gasteiger partial charge in [0.1, 0.15) is 5.82 Å². The van der Waals surface area contributed by atoms with Gasteiger partial charge in [0.2, 0.25) is 0 Å². The molecule has 0 aliphatic rings. The van der Waals surface area contributed by atoms with E-state index in [-0.39, 0.29) is 5.82 Å². The third kappa shape index (κ3) is 5.40. The zero-order chi connectivity index (χ0) is 13.4. The number of aryl methyl sites for hydroxylation is 1. The van der Waals surface area contributed by atoms with E-state index in [1.54, 1.807) is 12.1 Å². The Hall–Kier alpha value is -0.540. The van der Waals surface area contributed by atoms with E-state index in [0.717, 1.165) is 31.4 Å². The molecule has 1 N–H and O–H groups in total. The van der Waals surface area contributed by atoms with E-state index in [0.29, 0.717) is 6.04 Å². The van der Waals surface area contributed by atoms with E-state index in [4.69, 9.17) is 0 Å². The number of halogens is 1. The second kappa shape index (κ2) is 8.54. The monoisotopic (exact) mass is 269 g/mol. The molecule has 1 aromatic carbocycles. The fourth-order valence-corrected chi connectivity index (χ4v) is 2.56. The van der Waals surface area contributed by atoms with Gasteiger partial charge in [0.25, 0.3) is 0 Å². The Bertz CT molecular complexity index is 346. The molecule has 3 heteroatoms. The molecule has 0 spiro atoms. The first-order chi connectivity index (χ1) is 8.67. The normalized spacial score (nSPS) is 12.7. The van der Waals surface area contributed by atoms with Crippen molar-refractivity contribution in [2.45, 2.75) is 39.2 Å². The van der Waals surface area contributed by atoms with Gasteiger partial charge in [-0.1, -0.05) is 13.0 Å². The highest BCUT2D eigenvalue weighted by Gasteiger charge is 2.10. The van der Waals surface area contributed by atoms with Crippen molar-refractivity contribution >= 4 is 11.8 Å². The van der Waals surface area contributed by atoms with Crippen LogP contribution in [0, 0.1) is 12.7 Å². The molecule has 0 fully saturated rings. The Morgan fingerprint density at radius 3 is 2.78 bits per heavy atom. The highest BCUT2D eigenvalue weighted by molar-refractivity contribution is 7.98. The Morgan fingerprint density at radius 1 is 1.39 bits per heavy atom. The zero-order valence-corrected chi connectivity index (χ0v) is 12.4. The first-order valence-corrected chi connectivity index (χ1v) is 8.04. The minimum atomic E-state index is -0.140. The summed E-state index contributed by atoms with van der Waals surface area (Å²) in [4.78, 5) is 0. The summed E-state index contributed by atoms with van der Waals surface area (Å²) in [7, 11) is 0. The van der Waals surface area contributed by atoms with E-state index in [9.17, 15) is 4.39 Å². The lowest BCUT2D eigenvalue weighted by Crippen LogP contribution is -2.32. The Balaban J connectivity index is 2.62. The summed E-state index contributed by atoms with van der Waals surface area (Å²) in [5, 5.41) is 3.59. The number of hydrogen-bond donors (Lipinski definition) is 1. The van der Waals surface area contributed by atoms with Gasteiger partial charge in [0, 0.05) is 6.04 Å². The lowest BCUT2D eigenvalue weighted by atomic mass is 9.99.